The molecule has 1 amide bonds. The number of aromatic amines is 1. The van der Waals surface area contributed by atoms with Gasteiger partial charge in [-0.05, 0) is 41.8 Å². The van der Waals surface area contributed by atoms with E-state index in [1.165, 1.54) is 4.90 Å². The van der Waals surface area contributed by atoms with Crippen LogP contribution >= 0.6 is 0 Å². The van der Waals surface area contributed by atoms with Crippen LogP contribution in [0.15, 0.2) is 66.7 Å². The van der Waals surface area contributed by atoms with Gasteiger partial charge in [-0.3, -0.25) is 4.79 Å². The number of para-hydroxylation sites is 1. The second kappa shape index (κ2) is 6.21. The highest BCUT2D eigenvalue weighted by molar-refractivity contribution is 6.08. The maximum atomic E-state index is 13.6. The molecule has 1 aromatic heterocycles. The lowest BCUT2D eigenvalue weighted by Crippen LogP contribution is -2.56. The summed E-state index contributed by atoms with van der Waals surface area (Å²) in [5.41, 5.74) is 1.51. The third-order valence-electron chi connectivity index (χ3n) is 6.11. The van der Waals surface area contributed by atoms with Crippen LogP contribution in [0.2, 0.25) is 0 Å². The van der Waals surface area contributed by atoms with Crippen LogP contribution in [-0.4, -0.2) is 33.4 Å². The van der Waals surface area contributed by atoms with Crippen molar-refractivity contribution in [2.75, 3.05) is 6.54 Å². The number of hydrogen-bond donors (Lipinski definition) is 2. The largest absolute Gasteiger partial charge is 0.479 e. The molecule has 0 spiro atoms. The van der Waals surface area contributed by atoms with Gasteiger partial charge in [0.1, 0.15) is 0 Å². The summed E-state index contributed by atoms with van der Waals surface area (Å²) < 4.78 is 0. The predicted octanol–water partition coefficient (Wildman–Crippen LogP) is 4.32. The van der Waals surface area contributed by atoms with Crippen LogP contribution in [0.4, 0.5) is 0 Å². The molecule has 2 N–H and O–H groups in total. The minimum atomic E-state index is -1.47. The minimum Gasteiger partial charge on any atom is -0.479 e. The number of carboxylic acid groups (broad SMARTS) is 1. The molecule has 1 atom stereocenters. The van der Waals surface area contributed by atoms with Crippen LogP contribution in [0.5, 0.6) is 0 Å². The Morgan fingerprint density at radius 3 is 2.45 bits per heavy atom. The van der Waals surface area contributed by atoms with E-state index >= 15 is 0 Å². The Bertz CT molecular complexity index is 1280. The first kappa shape index (κ1) is 17.5. The number of carbonyl (C=O) groups excluding carboxylic acids is 1. The molecule has 29 heavy (non-hydrogen) atoms. The Morgan fingerprint density at radius 1 is 0.966 bits per heavy atom. The number of benzene rings is 3. The van der Waals surface area contributed by atoms with Gasteiger partial charge < -0.3 is 15.0 Å². The number of fused-ring (bicyclic) bond motifs is 4. The molecule has 0 aliphatic carbocycles. The number of carboxylic acids is 1. The van der Waals surface area contributed by atoms with Crippen molar-refractivity contribution >= 4 is 33.6 Å². The Morgan fingerprint density at radius 2 is 1.66 bits per heavy atom. The van der Waals surface area contributed by atoms with Crippen molar-refractivity contribution in [2.45, 2.75) is 18.9 Å². The lowest BCUT2D eigenvalue weighted by atomic mass is 9.85. The molecule has 1 unspecified atom stereocenters. The summed E-state index contributed by atoms with van der Waals surface area (Å²) in [4.78, 5) is 30.9. The monoisotopic (exact) mass is 384 g/mol. The fourth-order valence-corrected chi connectivity index (χ4v) is 4.54. The summed E-state index contributed by atoms with van der Waals surface area (Å²) in [6.07, 6.45) is 0.610. The van der Waals surface area contributed by atoms with Crippen molar-refractivity contribution in [1.82, 2.24) is 9.88 Å². The zero-order valence-electron chi connectivity index (χ0n) is 16.0. The van der Waals surface area contributed by atoms with E-state index < -0.39 is 11.5 Å². The molecular weight excluding hydrogens is 364 g/mol. The third-order valence-corrected chi connectivity index (χ3v) is 6.11. The molecule has 1 aliphatic heterocycles. The topological polar surface area (TPSA) is 73.4 Å². The highest BCUT2D eigenvalue weighted by atomic mass is 16.4. The van der Waals surface area contributed by atoms with Crippen LogP contribution in [-0.2, 0) is 16.8 Å². The van der Waals surface area contributed by atoms with Gasteiger partial charge in [0.15, 0.2) is 5.54 Å². The molecule has 0 radical (unpaired) electrons. The van der Waals surface area contributed by atoms with E-state index in [4.69, 9.17) is 0 Å². The highest BCUT2D eigenvalue weighted by Crippen LogP contribution is 2.40. The summed E-state index contributed by atoms with van der Waals surface area (Å²) in [7, 11) is 0. The second-order valence-electron chi connectivity index (χ2n) is 7.64. The zero-order valence-corrected chi connectivity index (χ0v) is 16.0. The van der Waals surface area contributed by atoms with Gasteiger partial charge in [0.05, 0.1) is 5.69 Å². The Labute approximate surface area is 167 Å². The lowest BCUT2D eigenvalue weighted by Gasteiger charge is -2.41. The second-order valence-corrected chi connectivity index (χ2v) is 7.64. The first-order chi connectivity index (χ1) is 14.0. The Balaban J connectivity index is 1.69. The van der Waals surface area contributed by atoms with Gasteiger partial charge in [-0.15, -0.1) is 0 Å². The normalized spacial score (nSPS) is 18.7. The van der Waals surface area contributed by atoms with E-state index in [1.54, 1.807) is 13.0 Å². The van der Waals surface area contributed by atoms with Gasteiger partial charge >= 0.3 is 5.97 Å². The summed E-state index contributed by atoms with van der Waals surface area (Å²) in [6.45, 7) is 1.96. The number of aliphatic carboxylic acids is 1. The summed E-state index contributed by atoms with van der Waals surface area (Å²) in [5.74, 6) is -1.31. The van der Waals surface area contributed by atoms with Crippen LogP contribution in [0.3, 0.4) is 0 Å². The number of nitrogens with zero attached hydrogens (tertiary/aromatic N) is 1. The van der Waals surface area contributed by atoms with Crippen LogP contribution < -0.4 is 0 Å². The predicted molar refractivity (Wildman–Crippen MR) is 112 cm³/mol. The standard InChI is InChI=1S/C24H20N2O3/c1-24(23(28)29)21-18(17-10-4-5-12-20(17)25-21)13-14-26(24)22(27)19-11-6-8-15-7-2-3-9-16(15)19/h2-12,25H,13-14H2,1H3,(H,28,29). The molecule has 0 saturated heterocycles. The molecular formula is C24H20N2O3. The molecule has 5 nitrogen and oxygen atoms in total. The number of aromatic nitrogens is 1. The number of H-pyrrole nitrogens is 1. The minimum absolute atomic E-state index is 0.268. The number of hydrogen-bond acceptors (Lipinski definition) is 2. The SMILES string of the molecule is CC1(C(=O)O)c2[nH]c3ccccc3c2CCN1C(=O)c1cccc2ccccc12. The molecule has 4 aromatic rings. The van der Waals surface area contributed by atoms with Crippen molar-refractivity contribution in [3.63, 3.8) is 0 Å². The fourth-order valence-electron chi connectivity index (χ4n) is 4.54. The molecule has 1 aliphatic rings. The van der Waals surface area contributed by atoms with E-state index in [9.17, 15) is 14.7 Å². The Hall–Kier alpha value is -3.60. The van der Waals surface area contributed by atoms with Gasteiger partial charge in [0.2, 0.25) is 0 Å². The van der Waals surface area contributed by atoms with E-state index in [2.05, 4.69) is 4.98 Å². The molecule has 5 heteroatoms. The van der Waals surface area contributed by atoms with Crippen molar-refractivity contribution in [3.8, 4) is 0 Å². The maximum Gasteiger partial charge on any atom is 0.335 e. The van der Waals surface area contributed by atoms with Crippen molar-refractivity contribution < 1.29 is 14.7 Å². The zero-order chi connectivity index (χ0) is 20.2. The van der Waals surface area contributed by atoms with Crippen molar-refractivity contribution in [2.24, 2.45) is 0 Å². The van der Waals surface area contributed by atoms with Gasteiger partial charge in [0, 0.05) is 23.0 Å². The Kier molecular flexibility index (Phi) is 3.74. The van der Waals surface area contributed by atoms with Crippen molar-refractivity contribution in [1.29, 1.82) is 0 Å². The lowest BCUT2D eigenvalue weighted by molar-refractivity contribution is -0.150. The maximum absolute atomic E-state index is 13.6. The van der Waals surface area contributed by atoms with Crippen LogP contribution in [0.25, 0.3) is 21.7 Å². The molecule has 0 saturated carbocycles. The van der Waals surface area contributed by atoms with E-state index in [0.717, 1.165) is 27.2 Å². The highest BCUT2D eigenvalue weighted by Gasteiger charge is 2.49. The molecule has 0 fully saturated rings. The summed E-state index contributed by atoms with van der Waals surface area (Å²) >= 11 is 0. The van der Waals surface area contributed by atoms with Crippen molar-refractivity contribution in [3.05, 3.63) is 83.6 Å². The van der Waals surface area contributed by atoms with Gasteiger partial charge in [-0.25, -0.2) is 4.79 Å². The number of rotatable bonds is 2. The average molecular weight is 384 g/mol. The molecule has 0 bridgehead atoms. The quantitative estimate of drug-likeness (QED) is 0.541. The van der Waals surface area contributed by atoms with Crippen LogP contribution in [0, 0.1) is 0 Å². The first-order valence-corrected chi connectivity index (χ1v) is 9.65. The van der Waals surface area contributed by atoms with Gasteiger partial charge in [-0.1, -0.05) is 54.6 Å². The number of nitrogens with one attached hydrogen (secondary N) is 1. The molecule has 5 rings (SSSR count). The van der Waals surface area contributed by atoms with Crippen LogP contribution in [0.1, 0.15) is 28.5 Å². The molecule has 2 heterocycles. The van der Waals surface area contributed by atoms with Gasteiger partial charge in [-0.2, -0.15) is 0 Å². The average Bonchev–Trinajstić information content (AvgIpc) is 3.13. The smallest absolute Gasteiger partial charge is 0.335 e. The van der Waals surface area contributed by atoms with E-state index in [1.807, 2.05) is 60.7 Å². The van der Waals surface area contributed by atoms with E-state index in [0.29, 0.717) is 24.2 Å². The summed E-state index contributed by atoms with van der Waals surface area (Å²) in [6, 6.07) is 21.0. The third kappa shape index (κ3) is 2.40. The fraction of sp³-hybridized carbons (Fsp3) is 0.167. The number of amides is 1. The first-order valence-electron chi connectivity index (χ1n) is 9.65. The van der Waals surface area contributed by atoms with Gasteiger partial charge in [0.25, 0.3) is 5.91 Å². The molecule has 144 valence electrons. The molecule has 3 aromatic carbocycles. The summed E-state index contributed by atoms with van der Waals surface area (Å²) in [5, 5.41) is 13.0. The van der Waals surface area contributed by atoms with E-state index in [-0.39, 0.29) is 5.91 Å². The number of carbonyl (C=O) groups is 2.